The van der Waals surface area contributed by atoms with Crippen LogP contribution in [0, 0.1) is 0 Å². The fourth-order valence-electron chi connectivity index (χ4n) is 1.18. The summed E-state index contributed by atoms with van der Waals surface area (Å²) < 4.78 is 26.7. The van der Waals surface area contributed by atoms with Gasteiger partial charge in [-0.1, -0.05) is 28.1 Å². The molecule has 0 aliphatic heterocycles. The maximum atomic E-state index is 11.6. The Kier molecular flexibility index (Phi) is 4.84. The number of hydrogen-bond acceptors (Lipinski definition) is 4. The number of methoxy groups -OCH3 is 1. The lowest BCUT2D eigenvalue weighted by Gasteiger charge is -2.25. The van der Waals surface area contributed by atoms with E-state index < -0.39 is 17.6 Å². The molecule has 0 spiro atoms. The molecule has 17 heavy (non-hydrogen) atoms. The first kappa shape index (κ1) is 15.2. The van der Waals surface area contributed by atoms with Crippen LogP contribution in [0.5, 0.6) is 5.75 Å². The Balaban J connectivity index is 3.08. The number of aliphatic hydroxyl groups is 1. The summed E-state index contributed by atoms with van der Waals surface area (Å²) in [5.74, 6) is 0.647. The quantitative estimate of drug-likeness (QED) is 0.583. The van der Waals surface area contributed by atoms with Crippen molar-refractivity contribution in [1.82, 2.24) is 0 Å². The Morgan fingerprint density at radius 3 is 2.24 bits per heavy atom. The van der Waals surface area contributed by atoms with Crippen molar-refractivity contribution in [3.63, 3.8) is 0 Å². The lowest BCUT2D eigenvalue weighted by molar-refractivity contribution is 0.191. The predicted molar refractivity (Wildman–Crippen MR) is 78.5 cm³/mol. The molecular formula is C10H12BrIO4S. The number of benzene rings is 1. The Hall–Kier alpha value is 0.140. The first-order chi connectivity index (χ1) is 7.70. The fraction of sp³-hybridized carbons (Fsp3) is 0.400. The molecule has 0 saturated heterocycles. The standard InChI is InChI=1S/C10H12BrIO4S/c1-16-8-5-3-7(4-6-8)9(13)10(11,12)17(2,14)15/h3-6,9,13H,1-2H3/t9-,10-/m1/s1. The molecule has 0 aromatic heterocycles. The van der Waals surface area contributed by atoms with E-state index in [1.165, 1.54) is 7.11 Å². The number of rotatable bonds is 4. The number of aliphatic hydroxyl groups excluding tert-OH is 1. The number of hydrogen-bond donors (Lipinski definition) is 1. The molecule has 1 N–H and O–H groups in total. The predicted octanol–water partition coefficient (Wildman–Crippen LogP) is 2.26. The average molecular weight is 435 g/mol. The van der Waals surface area contributed by atoms with Gasteiger partial charge in [-0.15, -0.1) is 0 Å². The third kappa shape index (κ3) is 3.33. The molecule has 96 valence electrons. The molecule has 0 radical (unpaired) electrons. The zero-order chi connectivity index (χ0) is 13.3. The molecular weight excluding hydrogens is 423 g/mol. The highest BCUT2D eigenvalue weighted by Gasteiger charge is 2.43. The summed E-state index contributed by atoms with van der Waals surface area (Å²) >= 11 is 4.74. The van der Waals surface area contributed by atoms with E-state index in [0.717, 1.165) is 6.26 Å². The van der Waals surface area contributed by atoms with Gasteiger partial charge in [0.1, 0.15) is 11.9 Å². The second-order valence-corrected chi connectivity index (χ2v) is 11.4. The first-order valence-electron chi connectivity index (χ1n) is 4.59. The normalized spacial score (nSPS) is 17.2. The SMILES string of the molecule is COc1ccc([C@@H](O)[C@@](Br)(I)S(C)(=O)=O)cc1. The second-order valence-electron chi connectivity index (χ2n) is 3.51. The van der Waals surface area contributed by atoms with E-state index in [4.69, 9.17) is 4.74 Å². The van der Waals surface area contributed by atoms with E-state index in [2.05, 4.69) is 15.9 Å². The maximum Gasteiger partial charge on any atom is 0.206 e. The minimum Gasteiger partial charge on any atom is -0.497 e. The molecule has 0 unspecified atom stereocenters. The van der Waals surface area contributed by atoms with Crippen molar-refractivity contribution < 1.29 is 18.3 Å². The molecule has 1 aromatic carbocycles. The van der Waals surface area contributed by atoms with E-state index in [0.29, 0.717) is 11.3 Å². The lowest BCUT2D eigenvalue weighted by atomic mass is 10.1. The number of ether oxygens (including phenoxy) is 1. The van der Waals surface area contributed by atoms with Crippen LogP contribution in [0.2, 0.25) is 0 Å². The summed E-state index contributed by atoms with van der Waals surface area (Å²) in [6.45, 7) is 0. The largest absolute Gasteiger partial charge is 0.497 e. The van der Waals surface area contributed by atoms with Crippen LogP contribution in [0.1, 0.15) is 11.7 Å². The molecule has 1 aromatic rings. The Labute approximate surface area is 123 Å². The first-order valence-corrected chi connectivity index (χ1v) is 8.36. The van der Waals surface area contributed by atoms with Crippen molar-refractivity contribution in [1.29, 1.82) is 0 Å². The van der Waals surface area contributed by atoms with Crippen molar-refractivity contribution in [3.05, 3.63) is 29.8 Å². The van der Waals surface area contributed by atoms with Crippen LogP contribution in [-0.2, 0) is 9.84 Å². The summed E-state index contributed by atoms with van der Waals surface area (Å²) in [5, 5.41) is 10.1. The summed E-state index contributed by atoms with van der Waals surface area (Å²) in [6.07, 6.45) is -0.0926. The third-order valence-electron chi connectivity index (χ3n) is 2.24. The second kappa shape index (κ2) is 5.41. The molecule has 2 atom stereocenters. The van der Waals surface area contributed by atoms with E-state index >= 15 is 0 Å². The van der Waals surface area contributed by atoms with Crippen LogP contribution in [0.3, 0.4) is 0 Å². The molecule has 7 heteroatoms. The molecule has 4 nitrogen and oxygen atoms in total. The molecule has 0 heterocycles. The van der Waals surface area contributed by atoms with Crippen LogP contribution < -0.4 is 4.74 Å². The van der Waals surface area contributed by atoms with Crippen molar-refractivity contribution >= 4 is 48.4 Å². The van der Waals surface area contributed by atoms with Gasteiger partial charge in [-0.25, -0.2) is 8.42 Å². The van der Waals surface area contributed by atoms with Crippen LogP contribution in [-0.4, -0.2) is 28.6 Å². The molecule has 0 aliphatic rings. The van der Waals surface area contributed by atoms with Gasteiger partial charge in [0.05, 0.1) is 7.11 Å². The summed E-state index contributed by atoms with van der Waals surface area (Å²) in [7, 11) is -1.91. The highest BCUT2D eigenvalue weighted by molar-refractivity contribution is 14.1. The Bertz CT molecular complexity index is 484. The van der Waals surface area contributed by atoms with Gasteiger partial charge in [-0.05, 0) is 40.3 Å². The molecule has 1 rings (SSSR count). The highest BCUT2D eigenvalue weighted by atomic mass is 127. The summed E-state index contributed by atoms with van der Waals surface area (Å²) in [4.78, 5) is 0. The van der Waals surface area contributed by atoms with Gasteiger partial charge in [0.25, 0.3) is 0 Å². The molecule has 0 fully saturated rings. The fourth-order valence-corrected chi connectivity index (χ4v) is 2.35. The highest BCUT2D eigenvalue weighted by Crippen LogP contribution is 2.44. The number of halogens is 2. The minimum atomic E-state index is -3.44. The van der Waals surface area contributed by atoms with E-state index in [-0.39, 0.29) is 0 Å². The van der Waals surface area contributed by atoms with Gasteiger partial charge in [0.2, 0.25) is 1.66 Å². The van der Waals surface area contributed by atoms with E-state index in [1.54, 1.807) is 46.9 Å². The maximum absolute atomic E-state index is 11.6. The van der Waals surface area contributed by atoms with Gasteiger partial charge in [-0.3, -0.25) is 0 Å². The average Bonchev–Trinajstić information content (AvgIpc) is 2.26. The summed E-state index contributed by atoms with van der Waals surface area (Å²) in [5.41, 5.74) is 0.502. The Morgan fingerprint density at radius 2 is 1.88 bits per heavy atom. The van der Waals surface area contributed by atoms with Gasteiger partial charge >= 0.3 is 0 Å². The molecule has 0 bridgehead atoms. The zero-order valence-corrected chi connectivity index (χ0v) is 13.8. The van der Waals surface area contributed by atoms with Gasteiger partial charge < -0.3 is 9.84 Å². The molecule has 0 saturated carbocycles. The van der Waals surface area contributed by atoms with Crippen molar-refractivity contribution in [2.75, 3.05) is 13.4 Å². The monoisotopic (exact) mass is 434 g/mol. The van der Waals surface area contributed by atoms with Crippen LogP contribution in [0.15, 0.2) is 24.3 Å². The van der Waals surface area contributed by atoms with Crippen molar-refractivity contribution in [2.45, 2.75) is 7.77 Å². The van der Waals surface area contributed by atoms with Gasteiger partial charge in [0, 0.05) is 6.26 Å². The number of sulfone groups is 1. The minimum absolute atomic E-state index is 0.502. The van der Waals surface area contributed by atoms with Crippen molar-refractivity contribution in [2.24, 2.45) is 0 Å². The topological polar surface area (TPSA) is 63.6 Å². The Morgan fingerprint density at radius 1 is 1.41 bits per heavy atom. The molecule has 0 aliphatic carbocycles. The van der Waals surface area contributed by atoms with E-state index in [9.17, 15) is 13.5 Å². The lowest BCUT2D eigenvalue weighted by Crippen LogP contribution is -2.31. The smallest absolute Gasteiger partial charge is 0.206 e. The van der Waals surface area contributed by atoms with Crippen LogP contribution >= 0.6 is 38.5 Å². The van der Waals surface area contributed by atoms with E-state index in [1.807, 2.05) is 0 Å². The molecule has 0 amide bonds. The van der Waals surface area contributed by atoms with Crippen molar-refractivity contribution in [3.8, 4) is 5.75 Å². The number of alkyl halides is 2. The third-order valence-corrected chi connectivity index (χ3v) is 8.64. The van der Waals surface area contributed by atoms with Crippen LogP contribution in [0.25, 0.3) is 0 Å². The van der Waals surface area contributed by atoms with Crippen LogP contribution in [0.4, 0.5) is 0 Å². The zero-order valence-electron chi connectivity index (χ0n) is 9.22. The van der Waals surface area contributed by atoms with Gasteiger partial charge in [-0.2, -0.15) is 0 Å². The summed E-state index contributed by atoms with van der Waals surface area (Å²) in [6, 6.07) is 6.59. The van der Waals surface area contributed by atoms with Gasteiger partial charge in [0.15, 0.2) is 9.84 Å².